The lowest BCUT2D eigenvalue weighted by Crippen LogP contribution is -2.32. The van der Waals surface area contributed by atoms with E-state index < -0.39 is 0 Å². The van der Waals surface area contributed by atoms with E-state index in [1.165, 1.54) is 35.0 Å². The normalized spacial score (nSPS) is 26.8. The molecule has 1 aromatic rings. The first-order valence-electron chi connectivity index (χ1n) is 5.70. The molecule has 1 nitrogen and oxygen atoms in total. The molecule has 1 fully saturated rings. The van der Waals surface area contributed by atoms with Crippen LogP contribution in [0.4, 0.5) is 0 Å². The van der Waals surface area contributed by atoms with Crippen LogP contribution in [0.2, 0.25) is 0 Å². The minimum Gasteiger partial charge on any atom is -0.310 e. The molecular formula is C12H18BrNS. The second-order valence-corrected chi connectivity index (χ2v) is 6.90. The van der Waals surface area contributed by atoms with Crippen molar-refractivity contribution in [3.8, 4) is 0 Å². The molecule has 1 heterocycles. The van der Waals surface area contributed by atoms with Crippen LogP contribution in [0.5, 0.6) is 0 Å². The maximum absolute atomic E-state index is 3.67. The van der Waals surface area contributed by atoms with Crippen molar-refractivity contribution in [3.63, 3.8) is 0 Å². The second kappa shape index (κ2) is 5.46. The van der Waals surface area contributed by atoms with E-state index in [4.69, 9.17) is 0 Å². The molecule has 0 aliphatic heterocycles. The van der Waals surface area contributed by atoms with Crippen LogP contribution in [0, 0.1) is 5.92 Å². The third kappa shape index (κ3) is 3.58. The molecule has 1 aliphatic rings. The van der Waals surface area contributed by atoms with Gasteiger partial charge in [0, 0.05) is 12.6 Å². The molecule has 0 saturated heterocycles. The lowest BCUT2D eigenvalue weighted by Gasteiger charge is -2.27. The Balaban J connectivity index is 1.77. The van der Waals surface area contributed by atoms with E-state index in [0.29, 0.717) is 0 Å². The van der Waals surface area contributed by atoms with E-state index in [1.54, 1.807) is 11.3 Å². The zero-order chi connectivity index (χ0) is 10.7. The predicted octanol–water partition coefficient (Wildman–Crippen LogP) is 4.18. The molecule has 1 N–H and O–H groups in total. The first-order chi connectivity index (χ1) is 7.24. The number of rotatable bonds is 3. The van der Waals surface area contributed by atoms with Gasteiger partial charge in [-0.3, -0.25) is 0 Å². The summed E-state index contributed by atoms with van der Waals surface area (Å²) >= 11 is 5.27. The maximum atomic E-state index is 3.67. The Morgan fingerprint density at radius 3 is 3.07 bits per heavy atom. The molecule has 0 aromatic carbocycles. The summed E-state index contributed by atoms with van der Waals surface area (Å²) in [6, 6.07) is 2.96. The third-order valence-corrected chi connectivity index (χ3v) is 4.71. The average molecular weight is 288 g/mol. The van der Waals surface area contributed by atoms with E-state index in [9.17, 15) is 0 Å². The van der Waals surface area contributed by atoms with Crippen LogP contribution in [0.3, 0.4) is 0 Å². The highest BCUT2D eigenvalue weighted by atomic mass is 79.9. The van der Waals surface area contributed by atoms with Gasteiger partial charge in [0.1, 0.15) is 0 Å². The summed E-state index contributed by atoms with van der Waals surface area (Å²) in [4.78, 5) is 0. The predicted molar refractivity (Wildman–Crippen MR) is 70.3 cm³/mol. The summed E-state index contributed by atoms with van der Waals surface area (Å²) in [7, 11) is 0. The van der Waals surface area contributed by atoms with Crippen molar-refractivity contribution in [1.82, 2.24) is 5.32 Å². The van der Waals surface area contributed by atoms with Crippen molar-refractivity contribution in [2.45, 2.75) is 45.2 Å². The van der Waals surface area contributed by atoms with Gasteiger partial charge in [0.2, 0.25) is 0 Å². The summed E-state index contributed by atoms with van der Waals surface area (Å²) in [6.07, 6.45) is 5.52. The van der Waals surface area contributed by atoms with Crippen molar-refractivity contribution in [3.05, 3.63) is 20.8 Å². The first kappa shape index (κ1) is 11.6. The van der Waals surface area contributed by atoms with Gasteiger partial charge in [0.15, 0.2) is 0 Å². The summed E-state index contributed by atoms with van der Waals surface area (Å²) in [5, 5.41) is 5.89. The van der Waals surface area contributed by atoms with E-state index in [-0.39, 0.29) is 0 Å². The van der Waals surface area contributed by atoms with Crippen LogP contribution in [0.1, 0.15) is 38.2 Å². The van der Waals surface area contributed by atoms with Gasteiger partial charge in [-0.1, -0.05) is 19.8 Å². The third-order valence-electron chi connectivity index (χ3n) is 3.15. The van der Waals surface area contributed by atoms with Crippen LogP contribution >= 0.6 is 27.3 Å². The standard InChI is InChI=1S/C12H18BrNS/c1-9-3-2-4-11(5-9)14-7-10-6-12(13)15-8-10/h6,8-9,11,14H,2-5,7H2,1H3. The molecule has 2 rings (SSSR count). The Morgan fingerprint density at radius 1 is 1.53 bits per heavy atom. The smallest absolute Gasteiger partial charge is 0.0701 e. The Morgan fingerprint density at radius 2 is 2.40 bits per heavy atom. The Kier molecular flexibility index (Phi) is 4.23. The number of hydrogen-bond acceptors (Lipinski definition) is 2. The van der Waals surface area contributed by atoms with Gasteiger partial charge in [-0.15, -0.1) is 11.3 Å². The van der Waals surface area contributed by atoms with Crippen molar-refractivity contribution >= 4 is 27.3 Å². The zero-order valence-corrected chi connectivity index (χ0v) is 11.5. The van der Waals surface area contributed by atoms with E-state index in [2.05, 4.69) is 39.6 Å². The Hall–Kier alpha value is 0.140. The fourth-order valence-electron chi connectivity index (χ4n) is 2.32. The lowest BCUT2D eigenvalue weighted by molar-refractivity contribution is 0.300. The highest BCUT2D eigenvalue weighted by Gasteiger charge is 2.17. The van der Waals surface area contributed by atoms with Gasteiger partial charge in [-0.05, 0) is 51.7 Å². The van der Waals surface area contributed by atoms with Crippen LogP contribution in [0.25, 0.3) is 0 Å². The van der Waals surface area contributed by atoms with Crippen LogP contribution in [-0.4, -0.2) is 6.04 Å². The highest BCUT2D eigenvalue weighted by Crippen LogP contribution is 2.24. The molecule has 0 spiro atoms. The molecular weight excluding hydrogens is 270 g/mol. The van der Waals surface area contributed by atoms with Gasteiger partial charge < -0.3 is 5.32 Å². The quantitative estimate of drug-likeness (QED) is 0.880. The van der Waals surface area contributed by atoms with Crippen molar-refractivity contribution < 1.29 is 0 Å². The monoisotopic (exact) mass is 287 g/mol. The zero-order valence-electron chi connectivity index (χ0n) is 9.13. The lowest BCUT2D eigenvalue weighted by atomic mass is 9.87. The molecule has 1 aliphatic carbocycles. The summed E-state index contributed by atoms with van der Waals surface area (Å²) in [6.45, 7) is 3.40. The van der Waals surface area contributed by atoms with Gasteiger partial charge in [-0.2, -0.15) is 0 Å². The Labute approximate surface area is 104 Å². The molecule has 0 bridgehead atoms. The summed E-state index contributed by atoms with van der Waals surface area (Å²) in [5.41, 5.74) is 1.41. The SMILES string of the molecule is CC1CCCC(NCc2csc(Br)c2)C1. The second-order valence-electron chi connectivity index (χ2n) is 4.61. The van der Waals surface area contributed by atoms with Crippen LogP contribution in [-0.2, 0) is 6.54 Å². The minimum atomic E-state index is 0.743. The number of hydrogen-bond donors (Lipinski definition) is 1. The molecule has 1 aromatic heterocycles. The fraction of sp³-hybridized carbons (Fsp3) is 0.667. The van der Waals surface area contributed by atoms with Crippen LogP contribution < -0.4 is 5.32 Å². The molecule has 2 unspecified atom stereocenters. The van der Waals surface area contributed by atoms with Crippen molar-refractivity contribution in [2.24, 2.45) is 5.92 Å². The topological polar surface area (TPSA) is 12.0 Å². The molecule has 3 heteroatoms. The van der Waals surface area contributed by atoms with Gasteiger partial charge in [-0.25, -0.2) is 0 Å². The van der Waals surface area contributed by atoms with Crippen molar-refractivity contribution in [2.75, 3.05) is 0 Å². The number of nitrogens with one attached hydrogen (secondary N) is 1. The fourth-order valence-corrected chi connectivity index (χ4v) is 3.53. The molecule has 15 heavy (non-hydrogen) atoms. The summed E-state index contributed by atoms with van der Waals surface area (Å²) < 4.78 is 1.23. The van der Waals surface area contributed by atoms with E-state index >= 15 is 0 Å². The van der Waals surface area contributed by atoms with Gasteiger partial charge in [0.25, 0.3) is 0 Å². The van der Waals surface area contributed by atoms with E-state index in [0.717, 1.165) is 18.5 Å². The van der Waals surface area contributed by atoms with Crippen molar-refractivity contribution in [1.29, 1.82) is 0 Å². The molecule has 2 atom stereocenters. The molecule has 1 saturated carbocycles. The number of thiophene rings is 1. The molecule has 0 radical (unpaired) electrons. The highest BCUT2D eigenvalue weighted by molar-refractivity contribution is 9.11. The van der Waals surface area contributed by atoms with Gasteiger partial charge in [0.05, 0.1) is 3.79 Å². The molecule has 84 valence electrons. The molecule has 0 amide bonds. The average Bonchev–Trinajstić information content (AvgIpc) is 2.62. The van der Waals surface area contributed by atoms with Crippen LogP contribution in [0.15, 0.2) is 15.2 Å². The maximum Gasteiger partial charge on any atom is 0.0701 e. The minimum absolute atomic E-state index is 0.743. The number of halogens is 1. The van der Waals surface area contributed by atoms with Gasteiger partial charge >= 0.3 is 0 Å². The first-order valence-corrected chi connectivity index (χ1v) is 7.37. The summed E-state index contributed by atoms with van der Waals surface area (Å²) in [5.74, 6) is 0.908. The Bertz CT molecular complexity index is 310. The largest absolute Gasteiger partial charge is 0.310 e. The van der Waals surface area contributed by atoms with E-state index in [1.807, 2.05) is 0 Å².